The highest BCUT2D eigenvalue weighted by Crippen LogP contribution is 2.41. The van der Waals surface area contributed by atoms with Gasteiger partial charge in [0, 0.05) is 23.5 Å². The quantitative estimate of drug-likeness (QED) is 0.761. The van der Waals surface area contributed by atoms with E-state index >= 15 is 0 Å². The van der Waals surface area contributed by atoms with Crippen molar-refractivity contribution in [1.82, 2.24) is 10.3 Å². The molecule has 0 aliphatic heterocycles. The normalized spacial score (nSPS) is 20.2. The summed E-state index contributed by atoms with van der Waals surface area (Å²) in [5, 5.41) is 12.5. The summed E-state index contributed by atoms with van der Waals surface area (Å²) in [6, 6.07) is 4.87. The van der Waals surface area contributed by atoms with Gasteiger partial charge in [-0.2, -0.15) is 0 Å². The van der Waals surface area contributed by atoms with Gasteiger partial charge in [-0.25, -0.2) is 4.39 Å². The first-order valence-electron chi connectivity index (χ1n) is 8.40. The number of hydrogen-bond acceptors (Lipinski definition) is 4. The fourth-order valence-corrected chi connectivity index (χ4v) is 3.27. The van der Waals surface area contributed by atoms with Crippen molar-refractivity contribution in [2.45, 2.75) is 31.9 Å². The molecule has 1 fully saturated rings. The van der Waals surface area contributed by atoms with Crippen LogP contribution < -0.4 is 15.5 Å². The predicted molar refractivity (Wildman–Crippen MR) is 93.7 cm³/mol. The number of aromatic amines is 1. The van der Waals surface area contributed by atoms with Gasteiger partial charge in [-0.05, 0) is 43.9 Å². The molecule has 7 heteroatoms. The molecular formula is C19H21FN2O4. The molecule has 3 rings (SSSR count). The maximum absolute atomic E-state index is 13.8. The van der Waals surface area contributed by atoms with E-state index in [1.165, 1.54) is 37.6 Å². The molecule has 0 unspecified atom stereocenters. The highest BCUT2D eigenvalue weighted by Gasteiger charge is 2.37. The van der Waals surface area contributed by atoms with Gasteiger partial charge in [-0.3, -0.25) is 9.59 Å². The predicted octanol–water partition coefficient (Wildman–Crippen LogP) is 2.07. The monoisotopic (exact) mass is 360 g/mol. The highest BCUT2D eigenvalue weighted by atomic mass is 19.1. The lowest BCUT2D eigenvalue weighted by Gasteiger charge is -2.38. The number of hydrogen-bond donors (Lipinski definition) is 3. The maximum Gasteiger partial charge on any atom is 0.257 e. The summed E-state index contributed by atoms with van der Waals surface area (Å²) in [5.41, 5.74) is 0.728. The van der Waals surface area contributed by atoms with Gasteiger partial charge in [0.1, 0.15) is 17.1 Å². The number of halogens is 1. The molecule has 1 heterocycles. The summed E-state index contributed by atoms with van der Waals surface area (Å²) in [6.45, 7) is 1.72. The SMILES string of the molecule is COc1ccc(F)cc1[C@H](NC(=O)c1c[nH]c(C)cc1=O)C1CC(O)C1. The number of aliphatic hydroxyl groups is 1. The third-order valence-corrected chi connectivity index (χ3v) is 4.74. The van der Waals surface area contributed by atoms with Crippen molar-refractivity contribution in [2.24, 2.45) is 5.92 Å². The Bertz CT molecular complexity index is 874. The van der Waals surface area contributed by atoms with Crippen LogP contribution in [0, 0.1) is 18.7 Å². The summed E-state index contributed by atoms with van der Waals surface area (Å²) in [6.07, 6.45) is 1.88. The van der Waals surface area contributed by atoms with E-state index in [2.05, 4.69) is 10.3 Å². The molecule has 0 bridgehead atoms. The molecule has 1 saturated carbocycles. The lowest BCUT2D eigenvalue weighted by atomic mass is 9.74. The van der Waals surface area contributed by atoms with E-state index in [1.54, 1.807) is 6.92 Å². The number of amides is 1. The fraction of sp³-hybridized carbons (Fsp3) is 0.368. The summed E-state index contributed by atoms with van der Waals surface area (Å²) >= 11 is 0. The fourth-order valence-electron chi connectivity index (χ4n) is 3.27. The van der Waals surface area contributed by atoms with Gasteiger partial charge in [0.05, 0.1) is 19.3 Å². The van der Waals surface area contributed by atoms with Crippen molar-refractivity contribution < 1.29 is 19.0 Å². The Morgan fingerprint density at radius 1 is 1.38 bits per heavy atom. The van der Waals surface area contributed by atoms with Gasteiger partial charge in [-0.1, -0.05) is 0 Å². The van der Waals surface area contributed by atoms with Crippen molar-refractivity contribution in [3.05, 3.63) is 63.3 Å². The zero-order valence-electron chi connectivity index (χ0n) is 14.6. The van der Waals surface area contributed by atoms with Gasteiger partial charge in [0.25, 0.3) is 5.91 Å². The molecule has 1 atom stereocenters. The molecule has 26 heavy (non-hydrogen) atoms. The van der Waals surface area contributed by atoms with E-state index in [0.29, 0.717) is 29.8 Å². The van der Waals surface area contributed by atoms with Gasteiger partial charge in [-0.15, -0.1) is 0 Å². The molecule has 3 N–H and O–H groups in total. The third-order valence-electron chi connectivity index (χ3n) is 4.74. The highest BCUT2D eigenvalue weighted by molar-refractivity contribution is 5.94. The number of ether oxygens (including phenoxy) is 1. The number of carbonyl (C=O) groups excluding carboxylic acids is 1. The van der Waals surface area contributed by atoms with Crippen LogP contribution in [-0.4, -0.2) is 29.2 Å². The Hall–Kier alpha value is -2.67. The molecule has 0 spiro atoms. The van der Waals surface area contributed by atoms with Crippen LogP contribution in [0.1, 0.15) is 40.5 Å². The van der Waals surface area contributed by atoms with Crippen LogP contribution in [-0.2, 0) is 0 Å². The Kier molecular flexibility index (Phi) is 5.08. The summed E-state index contributed by atoms with van der Waals surface area (Å²) < 4.78 is 19.1. The molecule has 1 aliphatic rings. The van der Waals surface area contributed by atoms with Crippen molar-refractivity contribution in [2.75, 3.05) is 7.11 Å². The summed E-state index contributed by atoms with van der Waals surface area (Å²) in [4.78, 5) is 27.6. The van der Waals surface area contributed by atoms with Crippen LogP contribution >= 0.6 is 0 Å². The van der Waals surface area contributed by atoms with Crippen molar-refractivity contribution in [3.63, 3.8) is 0 Å². The first-order valence-corrected chi connectivity index (χ1v) is 8.40. The molecule has 1 aromatic heterocycles. The Labute approximate surface area is 150 Å². The van der Waals surface area contributed by atoms with Gasteiger partial charge in [0.2, 0.25) is 0 Å². The second-order valence-corrected chi connectivity index (χ2v) is 6.62. The number of aryl methyl sites for hydroxylation is 1. The second-order valence-electron chi connectivity index (χ2n) is 6.62. The number of H-pyrrole nitrogens is 1. The minimum absolute atomic E-state index is 0.0177. The second kappa shape index (κ2) is 7.29. The molecule has 6 nitrogen and oxygen atoms in total. The molecule has 138 valence electrons. The number of aliphatic hydroxyl groups excluding tert-OH is 1. The topological polar surface area (TPSA) is 91.4 Å². The zero-order valence-corrected chi connectivity index (χ0v) is 14.6. The first-order chi connectivity index (χ1) is 12.4. The largest absolute Gasteiger partial charge is 0.496 e. The maximum atomic E-state index is 13.8. The number of benzene rings is 1. The third kappa shape index (κ3) is 3.62. The number of nitrogens with one attached hydrogen (secondary N) is 2. The van der Waals surface area contributed by atoms with Gasteiger partial charge in [0.15, 0.2) is 5.43 Å². The Morgan fingerprint density at radius 3 is 2.73 bits per heavy atom. The smallest absolute Gasteiger partial charge is 0.257 e. The minimum Gasteiger partial charge on any atom is -0.496 e. The number of methoxy groups -OCH3 is 1. The molecule has 1 amide bonds. The molecule has 2 aromatic rings. The number of pyridine rings is 1. The molecule has 0 saturated heterocycles. The van der Waals surface area contributed by atoms with Crippen LogP contribution in [0.15, 0.2) is 35.3 Å². The zero-order chi connectivity index (χ0) is 18.8. The number of carbonyl (C=O) groups is 1. The average molecular weight is 360 g/mol. The van der Waals surface area contributed by atoms with E-state index in [1.807, 2.05) is 0 Å². The van der Waals surface area contributed by atoms with Crippen LogP contribution in [0.4, 0.5) is 4.39 Å². The minimum atomic E-state index is -0.572. The first kappa shape index (κ1) is 18.1. The van der Waals surface area contributed by atoms with Crippen molar-refractivity contribution in [1.29, 1.82) is 0 Å². The Balaban J connectivity index is 1.94. The van der Waals surface area contributed by atoms with Crippen molar-refractivity contribution >= 4 is 5.91 Å². The summed E-state index contributed by atoms with van der Waals surface area (Å²) in [7, 11) is 1.47. The van der Waals surface area contributed by atoms with Gasteiger partial charge >= 0.3 is 0 Å². The summed E-state index contributed by atoms with van der Waals surface area (Å²) in [5.74, 6) is -0.637. The lowest BCUT2D eigenvalue weighted by Crippen LogP contribution is -2.42. The lowest BCUT2D eigenvalue weighted by molar-refractivity contribution is 0.0231. The number of aromatic nitrogens is 1. The molecule has 1 aromatic carbocycles. The van der Waals surface area contributed by atoms with E-state index in [4.69, 9.17) is 4.74 Å². The van der Waals surface area contributed by atoms with Crippen LogP contribution in [0.5, 0.6) is 5.75 Å². The van der Waals surface area contributed by atoms with Crippen LogP contribution in [0.3, 0.4) is 0 Å². The van der Waals surface area contributed by atoms with Gasteiger partial charge < -0.3 is 20.1 Å². The van der Waals surface area contributed by atoms with E-state index in [-0.39, 0.29) is 11.5 Å². The van der Waals surface area contributed by atoms with Crippen LogP contribution in [0.2, 0.25) is 0 Å². The molecular weight excluding hydrogens is 339 g/mol. The molecule has 1 aliphatic carbocycles. The van der Waals surface area contributed by atoms with Crippen molar-refractivity contribution in [3.8, 4) is 5.75 Å². The number of rotatable bonds is 5. The average Bonchev–Trinajstić information content (AvgIpc) is 2.57. The van der Waals surface area contributed by atoms with E-state index < -0.39 is 29.3 Å². The molecule has 0 radical (unpaired) electrons. The van der Waals surface area contributed by atoms with Crippen LogP contribution in [0.25, 0.3) is 0 Å². The van der Waals surface area contributed by atoms with E-state index in [9.17, 15) is 19.1 Å². The standard InChI is InChI=1S/C19H21FN2O4/c1-10-5-16(24)15(9-21-10)19(25)22-18(11-6-13(23)7-11)14-8-12(20)3-4-17(14)26-2/h3-5,8-9,11,13,18,23H,6-7H2,1-2H3,(H,21,24)(H,22,25)/t11?,13?,18-/m1/s1. The Morgan fingerprint density at radius 2 is 2.12 bits per heavy atom. The van der Waals surface area contributed by atoms with E-state index in [0.717, 1.165) is 0 Å².